The van der Waals surface area contributed by atoms with Crippen molar-refractivity contribution in [1.82, 2.24) is 14.8 Å². The number of carbonyl (C=O) groups is 1. The van der Waals surface area contributed by atoms with Crippen molar-refractivity contribution in [3.05, 3.63) is 41.2 Å². The summed E-state index contributed by atoms with van der Waals surface area (Å²) in [6, 6.07) is 3.81. The van der Waals surface area contributed by atoms with E-state index in [-0.39, 0.29) is 22.3 Å². The number of hydrogen-bond donors (Lipinski definition) is 1. The van der Waals surface area contributed by atoms with Crippen LogP contribution in [-0.2, 0) is 6.18 Å². The van der Waals surface area contributed by atoms with Gasteiger partial charge in [-0.3, -0.25) is 0 Å². The van der Waals surface area contributed by atoms with Gasteiger partial charge in [0, 0.05) is 11.4 Å². The van der Waals surface area contributed by atoms with Crippen LogP contribution in [0.15, 0.2) is 34.3 Å². The van der Waals surface area contributed by atoms with Gasteiger partial charge in [0.1, 0.15) is 5.69 Å². The molecule has 0 bridgehead atoms. The zero-order valence-corrected chi connectivity index (χ0v) is 11.4. The Balaban J connectivity index is 2.14. The lowest BCUT2D eigenvalue weighted by Gasteiger charge is -2.06. The van der Waals surface area contributed by atoms with E-state index in [4.69, 9.17) is 9.52 Å². The van der Waals surface area contributed by atoms with Gasteiger partial charge in [-0.25, -0.2) is 14.5 Å². The van der Waals surface area contributed by atoms with Gasteiger partial charge in [0.15, 0.2) is 17.1 Å². The van der Waals surface area contributed by atoms with Crippen LogP contribution < -0.4 is 0 Å². The van der Waals surface area contributed by atoms with E-state index in [0.29, 0.717) is 4.68 Å². The van der Waals surface area contributed by atoms with Crippen molar-refractivity contribution in [1.29, 1.82) is 0 Å². The monoisotopic (exact) mass is 329 g/mol. The summed E-state index contributed by atoms with van der Waals surface area (Å²) in [6.45, 7) is 0. The fourth-order valence-electron chi connectivity index (χ4n) is 1.73. The second-order valence-corrected chi connectivity index (χ2v) is 4.96. The molecule has 0 atom stereocenters. The number of hydrogen-bond acceptors (Lipinski definition) is 5. The Morgan fingerprint density at radius 1 is 1.41 bits per heavy atom. The number of carboxylic acids is 1. The summed E-state index contributed by atoms with van der Waals surface area (Å²) in [5.41, 5.74) is -1.43. The molecule has 0 aromatic carbocycles. The minimum atomic E-state index is -4.67. The van der Waals surface area contributed by atoms with Gasteiger partial charge in [-0.15, -0.1) is 11.3 Å². The van der Waals surface area contributed by atoms with Gasteiger partial charge in [-0.2, -0.15) is 18.3 Å². The SMILES string of the molecule is O=C(O)c1csc(-n2nc(-c3ccco3)cc2C(F)(F)F)n1. The van der Waals surface area contributed by atoms with E-state index >= 15 is 0 Å². The number of furan rings is 1. The Morgan fingerprint density at radius 3 is 2.73 bits per heavy atom. The van der Waals surface area contributed by atoms with E-state index in [0.717, 1.165) is 22.8 Å². The molecule has 0 spiro atoms. The number of aromatic carboxylic acids is 1. The molecule has 0 unspecified atom stereocenters. The van der Waals surface area contributed by atoms with Crippen LogP contribution in [0.5, 0.6) is 0 Å². The minimum Gasteiger partial charge on any atom is -0.476 e. The Labute approximate surface area is 124 Å². The van der Waals surface area contributed by atoms with Crippen LogP contribution in [0.4, 0.5) is 13.2 Å². The molecule has 3 aromatic rings. The molecule has 0 aliphatic heterocycles. The standard InChI is InChI=1S/C12H6F3N3O3S/c13-12(14,15)9-4-6(8-2-1-3-21-8)17-18(9)11-16-7(5-22-11)10(19)20/h1-5H,(H,19,20). The second kappa shape index (κ2) is 4.98. The lowest BCUT2D eigenvalue weighted by atomic mass is 10.3. The first kappa shape index (κ1) is 14.3. The van der Waals surface area contributed by atoms with Crippen LogP contribution in [-0.4, -0.2) is 25.8 Å². The highest BCUT2D eigenvalue weighted by Crippen LogP contribution is 2.34. The lowest BCUT2D eigenvalue weighted by Crippen LogP contribution is -2.13. The zero-order chi connectivity index (χ0) is 15.9. The summed E-state index contributed by atoms with van der Waals surface area (Å²) in [4.78, 5) is 14.4. The summed E-state index contributed by atoms with van der Waals surface area (Å²) in [5.74, 6) is -1.16. The van der Waals surface area contributed by atoms with Crippen molar-refractivity contribution in [3.63, 3.8) is 0 Å². The number of thiazole rings is 1. The highest BCUT2D eigenvalue weighted by atomic mass is 32.1. The molecule has 0 radical (unpaired) electrons. The number of halogens is 3. The van der Waals surface area contributed by atoms with Crippen LogP contribution in [0.2, 0.25) is 0 Å². The molecule has 1 N–H and O–H groups in total. The third-order valence-corrected chi connectivity index (χ3v) is 3.48. The number of carboxylic acid groups (broad SMARTS) is 1. The molecule has 3 rings (SSSR count). The molecular weight excluding hydrogens is 323 g/mol. The van der Waals surface area contributed by atoms with Crippen molar-refractivity contribution in [2.24, 2.45) is 0 Å². The summed E-state index contributed by atoms with van der Waals surface area (Å²) in [6.07, 6.45) is -3.36. The Morgan fingerprint density at radius 2 is 2.18 bits per heavy atom. The molecule has 114 valence electrons. The summed E-state index contributed by atoms with van der Waals surface area (Å²) in [7, 11) is 0. The molecule has 0 amide bonds. The normalized spacial score (nSPS) is 11.8. The fourth-order valence-corrected chi connectivity index (χ4v) is 2.49. The molecule has 0 aliphatic carbocycles. The number of alkyl halides is 3. The molecule has 0 saturated heterocycles. The molecular formula is C12H6F3N3O3S. The summed E-state index contributed by atoms with van der Waals surface area (Å²) >= 11 is 0.750. The average Bonchev–Trinajstić information content (AvgIpc) is 3.17. The third kappa shape index (κ3) is 2.48. The van der Waals surface area contributed by atoms with E-state index in [1.54, 1.807) is 0 Å². The molecule has 3 aromatic heterocycles. The number of nitrogens with zero attached hydrogens (tertiary/aromatic N) is 3. The summed E-state index contributed by atoms with van der Waals surface area (Å²) < 4.78 is 45.0. The van der Waals surface area contributed by atoms with Crippen molar-refractivity contribution >= 4 is 17.3 Å². The first-order valence-corrected chi connectivity index (χ1v) is 6.64. The van der Waals surface area contributed by atoms with E-state index in [1.165, 1.54) is 18.4 Å². The second-order valence-electron chi connectivity index (χ2n) is 4.12. The average molecular weight is 329 g/mol. The third-order valence-electron chi connectivity index (χ3n) is 2.67. The quantitative estimate of drug-likeness (QED) is 0.797. The van der Waals surface area contributed by atoms with Crippen LogP contribution in [0.1, 0.15) is 16.2 Å². The first-order chi connectivity index (χ1) is 10.4. The maximum absolute atomic E-state index is 13.1. The highest BCUT2D eigenvalue weighted by Gasteiger charge is 2.37. The number of rotatable bonds is 3. The van der Waals surface area contributed by atoms with Crippen molar-refractivity contribution < 1.29 is 27.5 Å². The summed E-state index contributed by atoms with van der Waals surface area (Å²) in [5, 5.41) is 13.6. The largest absolute Gasteiger partial charge is 0.476 e. The van der Waals surface area contributed by atoms with Crippen molar-refractivity contribution in [3.8, 4) is 16.6 Å². The van der Waals surface area contributed by atoms with Crippen LogP contribution in [0, 0.1) is 0 Å². The van der Waals surface area contributed by atoms with E-state index in [2.05, 4.69) is 10.1 Å². The smallest absolute Gasteiger partial charge is 0.433 e. The molecule has 3 heterocycles. The van der Waals surface area contributed by atoms with Crippen molar-refractivity contribution in [2.75, 3.05) is 0 Å². The molecule has 10 heteroatoms. The van der Waals surface area contributed by atoms with Crippen LogP contribution >= 0.6 is 11.3 Å². The highest BCUT2D eigenvalue weighted by molar-refractivity contribution is 7.12. The fraction of sp³-hybridized carbons (Fsp3) is 0.0833. The predicted molar refractivity (Wildman–Crippen MR) is 68.9 cm³/mol. The number of aromatic nitrogens is 3. The minimum absolute atomic E-state index is 0.0237. The Kier molecular flexibility index (Phi) is 3.24. The van der Waals surface area contributed by atoms with E-state index in [9.17, 15) is 18.0 Å². The Bertz CT molecular complexity index is 820. The van der Waals surface area contributed by atoms with Crippen LogP contribution in [0.3, 0.4) is 0 Å². The lowest BCUT2D eigenvalue weighted by molar-refractivity contribution is -0.142. The van der Waals surface area contributed by atoms with Gasteiger partial charge < -0.3 is 9.52 Å². The first-order valence-electron chi connectivity index (χ1n) is 5.76. The Hall–Kier alpha value is -2.62. The maximum atomic E-state index is 13.1. The zero-order valence-electron chi connectivity index (χ0n) is 10.5. The van der Waals surface area contributed by atoms with Gasteiger partial charge in [0.05, 0.1) is 6.26 Å². The van der Waals surface area contributed by atoms with Gasteiger partial charge in [0.2, 0.25) is 5.13 Å². The molecule has 22 heavy (non-hydrogen) atoms. The van der Waals surface area contributed by atoms with Crippen molar-refractivity contribution in [2.45, 2.75) is 6.18 Å². The van der Waals surface area contributed by atoms with E-state index < -0.39 is 17.8 Å². The topological polar surface area (TPSA) is 81.1 Å². The van der Waals surface area contributed by atoms with Gasteiger partial charge in [-0.1, -0.05) is 0 Å². The van der Waals surface area contributed by atoms with Gasteiger partial charge >= 0.3 is 12.1 Å². The predicted octanol–water partition coefficient (Wildman–Crippen LogP) is 3.31. The van der Waals surface area contributed by atoms with Crippen LogP contribution in [0.25, 0.3) is 16.6 Å². The molecule has 0 fully saturated rings. The maximum Gasteiger partial charge on any atom is 0.433 e. The van der Waals surface area contributed by atoms with Gasteiger partial charge in [-0.05, 0) is 12.1 Å². The molecule has 0 aliphatic rings. The molecule has 0 saturated carbocycles. The van der Waals surface area contributed by atoms with E-state index in [1.807, 2.05) is 0 Å². The van der Waals surface area contributed by atoms with Gasteiger partial charge in [0.25, 0.3) is 0 Å². The molecule has 6 nitrogen and oxygen atoms in total.